The molecule has 1 aromatic carbocycles. The Bertz CT molecular complexity index is 847. The van der Waals surface area contributed by atoms with E-state index in [0.29, 0.717) is 5.89 Å². The molecule has 0 amide bonds. The summed E-state index contributed by atoms with van der Waals surface area (Å²) in [4.78, 5) is 0.241. The van der Waals surface area contributed by atoms with E-state index in [9.17, 15) is 0 Å². The van der Waals surface area contributed by atoms with E-state index in [1.165, 1.54) is 0 Å². The van der Waals surface area contributed by atoms with E-state index < -0.39 is 0 Å². The number of H-pyrrole nitrogens is 1. The molecular weight excluding hydrogens is 288 g/mol. The lowest BCUT2D eigenvalue weighted by molar-refractivity contribution is 0.411. The van der Waals surface area contributed by atoms with Crippen molar-refractivity contribution in [1.29, 1.82) is 0 Å². The molecule has 0 aliphatic rings. The van der Waals surface area contributed by atoms with Crippen molar-refractivity contribution < 1.29 is 9.15 Å². The lowest BCUT2D eigenvalue weighted by Crippen LogP contribution is -2.02. The first-order valence-corrected chi connectivity index (χ1v) is 6.76. The Morgan fingerprint density at radius 2 is 2.14 bits per heavy atom. The molecule has 0 spiro atoms. The minimum Gasteiger partial charge on any atom is -0.494 e. The molecule has 0 saturated heterocycles. The first-order chi connectivity index (χ1) is 10.1. The number of hydrogen-bond donors (Lipinski definition) is 1. The number of ether oxygens (including phenoxy) is 1. The van der Waals surface area contributed by atoms with Gasteiger partial charge in [0.1, 0.15) is 11.4 Å². The monoisotopic (exact) mass is 302 g/mol. The highest BCUT2D eigenvalue weighted by atomic mass is 32.1. The molecule has 6 nitrogen and oxygen atoms in total. The van der Waals surface area contributed by atoms with E-state index in [1.54, 1.807) is 18.0 Å². The molecule has 0 fully saturated rings. The molecule has 108 valence electrons. The van der Waals surface area contributed by atoms with Crippen LogP contribution in [-0.4, -0.2) is 27.1 Å². The minimum absolute atomic E-state index is 0.241. The number of aromatic nitrogens is 4. The molecule has 7 heteroatoms. The lowest BCUT2D eigenvalue weighted by atomic mass is 10.2. The molecule has 1 N–H and O–H groups in total. The molecule has 2 heterocycles. The van der Waals surface area contributed by atoms with Gasteiger partial charge in [0.25, 0.3) is 4.84 Å². The lowest BCUT2D eigenvalue weighted by Gasteiger charge is -2.11. The van der Waals surface area contributed by atoms with Crippen LogP contribution in [0.25, 0.3) is 17.1 Å². The summed E-state index contributed by atoms with van der Waals surface area (Å²) in [5, 5.41) is 11.1. The van der Waals surface area contributed by atoms with Crippen LogP contribution in [0, 0.1) is 18.7 Å². The van der Waals surface area contributed by atoms with Crippen molar-refractivity contribution in [3.8, 4) is 22.9 Å². The fourth-order valence-electron chi connectivity index (χ4n) is 2.17. The standard InChI is InChI=1S/C14H14N4O2S/c1-8-4-5-12(19-3)11(6-8)18-9(2)10(7-15-18)13-16-17-14(21)20-13/h4-7H,1-3H3,(H,17,21). The van der Waals surface area contributed by atoms with Gasteiger partial charge >= 0.3 is 0 Å². The summed E-state index contributed by atoms with van der Waals surface area (Å²) < 4.78 is 12.5. The van der Waals surface area contributed by atoms with Crippen LogP contribution >= 0.6 is 12.2 Å². The number of benzene rings is 1. The Labute approximate surface area is 126 Å². The van der Waals surface area contributed by atoms with Gasteiger partial charge in [-0.1, -0.05) is 6.07 Å². The fraction of sp³-hybridized carbons (Fsp3) is 0.214. The van der Waals surface area contributed by atoms with Gasteiger partial charge in [-0.15, -0.1) is 5.10 Å². The zero-order valence-electron chi connectivity index (χ0n) is 11.9. The number of nitrogens with one attached hydrogen (secondary N) is 1. The number of methoxy groups -OCH3 is 1. The predicted octanol–water partition coefficient (Wildman–Crippen LogP) is 3.21. The van der Waals surface area contributed by atoms with Crippen molar-refractivity contribution in [2.24, 2.45) is 0 Å². The van der Waals surface area contributed by atoms with Crippen LogP contribution in [0.3, 0.4) is 0 Å². The summed E-state index contributed by atoms with van der Waals surface area (Å²) in [6, 6.07) is 5.93. The van der Waals surface area contributed by atoms with Gasteiger partial charge in [0, 0.05) is 0 Å². The van der Waals surface area contributed by atoms with Gasteiger partial charge in [0.05, 0.1) is 24.6 Å². The normalized spacial score (nSPS) is 10.8. The van der Waals surface area contributed by atoms with Crippen molar-refractivity contribution in [1.82, 2.24) is 20.0 Å². The highest BCUT2D eigenvalue weighted by molar-refractivity contribution is 7.71. The van der Waals surface area contributed by atoms with E-state index in [-0.39, 0.29) is 4.84 Å². The summed E-state index contributed by atoms with van der Waals surface area (Å²) in [6.45, 7) is 3.96. The second-order valence-corrected chi connectivity index (χ2v) is 5.02. The third-order valence-electron chi connectivity index (χ3n) is 3.24. The first-order valence-electron chi connectivity index (χ1n) is 6.35. The maximum Gasteiger partial charge on any atom is 0.284 e. The van der Waals surface area contributed by atoms with Gasteiger partial charge in [0.15, 0.2) is 0 Å². The summed E-state index contributed by atoms with van der Waals surface area (Å²) in [6.07, 6.45) is 1.70. The Morgan fingerprint density at radius 1 is 1.33 bits per heavy atom. The van der Waals surface area contributed by atoms with Crippen molar-refractivity contribution in [2.45, 2.75) is 13.8 Å². The van der Waals surface area contributed by atoms with Gasteiger partial charge in [0.2, 0.25) is 5.89 Å². The van der Waals surface area contributed by atoms with Gasteiger partial charge in [-0.3, -0.25) is 0 Å². The van der Waals surface area contributed by atoms with Crippen molar-refractivity contribution in [3.63, 3.8) is 0 Å². The summed E-state index contributed by atoms with van der Waals surface area (Å²) >= 11 is 4.90. The van der Waals surface area contributed by atoms with E-state index in [4.69, 9.17) is 21.4 Å². The quantitative estimate of drug-likeness (QED) is 0.752. The van der Waals surface area contributed by atoms with Crippen LogP contribution in [0.2, 0.25) is 0 Å². The average molecular weight is 302 g/mol. The zero-order chi connectivity index (χ0) is 15.0. The van der Waals surface area contributed by atoms with Gasteiger partial charge in [-0.25, -0.2) is 9.78 Å². The van der Waals surface area contributed by atoms with Crippen LogP contribution in [0.15, 0.2) is 28.8 Å². The maximum absolute atomic E-state index is 5.41. The second kappa shape index (κ2) is 5.17. The molecule has 0 atom stereocenters. The van der Waals surface area contributed by atoms with Crippen LogP contribution in [0.4, 0.5) is 0 Å². The van der Waals surface area contributed by atoms with E-state index in [0.717, 1.165) is 28.3 Å². The molecule has 0 saturated carbocycles. The summed E-state index contributed by atoms with van der Waals surface area (Å²) in [5.41, 5.74) is 3.67. The SMILES string of the molecule is COc1ccc(C)cc1-n1ncc(-c2n[nH]c(=S)o2)c1C. The third-order valence-corrected chi connectivity index (χ3v) is 3.42. The highest BCUT2D eigenvalue weighted by Crippen LogP contribution is 2.28. The number of hydrogen-bond acceptors (Lipinski definition) is 5. The van der Waals surface area contributed by atoms with Crippen LogP contribution in [0.1, 0.15) is 11.3 Å². The van der Waals surface area contributed by atoms with Crippen molar-refractivity contribution >= 4 is 12.2 Å². The third kappa shape index (κ3) is 2.36. The van der Waals surface area contributed by atoms with Crippen molar-refractivity contribution in [3.05, 3.63) is 40.5 Å². The highest BCUT2D eigenvalue weighted by Gasteiger charge is 2.16. The average Bonchev–Trinajstić information content (AvgIpc) is 3.04. The Balaban J connectivity index is 2.15. The summed E-state index contributed by atoms with van der Waals surface area (Å²) in [5.74, 6) is 1.18. The Kier molecular flexibility index (Phi) is 3.34. The largest absolute Gasteiger partial charge is 0.494 e. The van der Waals surface area contributed by atoms with Crippen LogP contribution in [-0.2, 0) is 0 Å². The molecule has 0 aliphatic heterocycles. The molecule has 0 radical (unpaired) electrons. The number of aromatic amines is 1. The Hall–Kier alpha value is -2.41. The Morgan fingerprint density at radius 3 is 2.81 bits per heavy atom. The van der Waals surface area contributed by atoms with E-state index >= 15 is 0 Å². The zero-order valence-corrected chi connectivity index (χ0v) is 12.7. The topological polar surface area (TPSA) is 68.9 Å². The summed E-state index contributed by atoms with van der Waals surface area (Å²) in [7, 11) is 1.64. The molecule has 3 rings (SSSR count). The molecular formula is C14H14N4O2S. The molecule has 3 aromatic rings. The molecule has 21 heavy (non-hydrogen) atoms. The van der Waals surface area contributed by atoms with Gasteiger partial charge in [-0.2, -0.15) is 5.10 Å². The van der Waals surface area contributed by atoms with Gasteiger partial charge in [-0.05, 0) is 43.8 Å². The number of rotatable bonds is 3. The van der Waals surface area contributed by atoms with Gasteiger partial charge < -0.3 is 9.15 Å². The fourth-order valence-corrected chi connectivity index (χ4v) is 2.30. The minimum atomic E-state index is 0.241. The number of aryl methyl sites for hydroxylation is 1. The predicted molar refractivity (Wildman–Crippen MR) is 80.3 cm³/mol. The maximum atomic E-state index is 5.41. The molecule has 0 bridgehead atoms. The molecule has 0 unspecified atom stereocenters. The number of nitrogens with zero attached hydrogens (tertiary/aromatic N) is 3. The molecule has 0 aliphatic carbocycles. The van der Waals surface area contributed by atoms with Crippen molar-refractivity contribution in [2.75, 3.05) is 7.11 Å². The van der Waals surface area contributed by atoms with E-state index in [1.807, 2.05) is 32.0 Å². The van der Waals surface area contributed by atoms with Crippen LogP contribution < -0.4 is 4.74 Å². The van der Waals surface area contributed by atoms with E-state index in [2.05, 4.69) is 15.3 Å². The first kappa shape index (κ1) is 13.6. The van der Waals surface area contributed by atoms with Crippen LogP contribution in [0.5, 0.6) is 5.75 Å². The second-order valence-electron chi connectivity index (χ2n) is 4.65. The molecule has 2 aromatic heterocycles. The smallest absolute Gasteiger partial charge is 0.284 e.